The van der Waals surface area contributed by atoms with Crippen LogP contribution < -0.4 is 11.1 Å². The van der Waals surface area contributed by atoms with Crippen LogP contribution in [-0.2, 0) is 9.53 Å². The summed E-state index contributed by atoms with van der Waals surface area (Å²) in [5.41, 5.74) is 6.02. The summed E-state index contributed by atoms with van der Waals surface area (Å²) in [7, 11) is 0. The summed E-state index contributed by atoms with van der Waals surface area (Å²) in [5, 5.41) is 3.16. The maximum absolute atomic E-state index is 12.3. The van der Waals surface area contributed by atoms with Crippen LogP contribution in [0.5, 0.6) is 0 Å². The Morgan fingerprint density at radius 2 is 1.83 bits per heavy atom. The highest BCUT2D eigenvalue weighted by atomic mass is 35.5. The van der Waals surface area contributed by atoms with Crippen molar-refractivity contribution >= 4 is 30.7 Å². The highest BCUT2D eigenvalue weighted by Crippen LogP contribution is 2.38. The number of hydrogen-bond acceptors (Lipinski definition) is 4. The van der Waals surface area contributed by atoms with E-state index < -0.39 is 0 Å². The number of carbonyl (C=O) groups is 1. The average Bonchev–Trinajstić information content (AvgIpc) is 2.48. The third-order valence-corrected chi connectivity index (χ3v) is 4.93. The standard InChI is InChI=1S/C16H31N3O2.2ClH/c1-14(12-19-7-9-21-10-8-19)18-15(20)11-16(13-17)5-3-2-4-6-16;;/h14H,2-13,17H2,1H3,(H,18,20);2*1H. The predicted octanol–water partition coefficient (Wildman–Crippen LogP) is 1.97. The molecule has 0 bridgehead atoms. The number of nitrogens with two attached hydrogens (primary N) is 1. The molecule has 3 N–H and O–H groups in total. The largest absolute Gasteiger partial charge is 0.379 e. The fourth-order valence-electron chi connectivity index (χ4n) is 3.64. The molecule has 2 aliphatic rings. The Labute approximate surface area is 152 Å². The van der Waals surface area contributed by atoms with Crippen LogP contribution in [0.15, 0.2) is 0 Å². The first-order chi connectivity index (χ1) is 10.1. The van der Waals surface area contributed by atoms with Crippen molar-refractivity contribution in [1.82, 2.24) is 10.2 Å². The van der Waals surface area contributed by atoms with Gasteiger partial charge in [0.2, 0.25) is 5.91 Å². The van der Waals surface area contributed by atoms with Crippen molar-refractivity contribution in [3.8, 4) is 0 Å². The zero-order valence-electron chi connectivity index (χ0n) is 14.2. The minimum Gasteiger partial charge on any atom is -0.379 e. The summed E-state index contributed by atoms with van der Waals surface area (Å²) in [4.78, 5) is 14.7. The summed E-state index contributed by atoms with van der Waals surface area (Å²) < 4.78 is 5.35. The quantitative estimate of drug-likeness (QED) is 0.750. The van der Waals surface area contributed by atoms with Crippen molar-refractivity contribution in [2.45, 2.75) is 51.5 Å². The molecule has 2 rings (SSSR count). The van der Waals surface area contributed by atoms with Gasteiger partial charge in [0.1, 0.15) is 0 Å². The van der Waals surface area contributed by atoms with Crippen molar-refractivity contribution in [1.29, 1.82) is 0 Å². The Hall–Kier alpha value is -0.0700. The normalized spacial score (nSPS) is 22.3. The van der Waals surface area contributed by atoms with E-state index in [4.69, 9.17) is 10.5 Å². The second-order valence-corrected chi connectivity index (χ2v) is 6.82. The number of amides is 1. The first-order valence-corrected chi connectivity index (χ1v) is 8.43. The molecule has 0 aromatic heterocycles. The molecule has 1 saturated heterocycles. The van der Waals surface area contributed by atoms with E-state index in [-0.39, 0.29) is 42.2 Å². The number of halogens is 2. The molecular weight excluding hydrogens is 337 g/mol. The molecule has 138 valence electrons. The molecule has 1 unspecified atom stereocenters. The van der Waals surface area contributed by atoms with Crippen molar-refractivity contribution in [3.63, 3.8) is 0 Å². The van der Waals surface area contributed by atoms with E-state index >= 15 is 0 Å². The lowest BCUT2D eigenvalue weighted by molar-refractivity contribution is -0.124. The molecule has 0 radical (unpaired) electrons. The predicted molar refractivity (Wildman–Crippen MR) is 98.5 cm³/mol. The lowest BCUT2D eigenvalue weighted by Crippen LogP contribution is -2.47. The Morgan fingerprint density at radius 1 is 1.22 bits per heavy atom. The average molecular weight is 370 g/mol. The van der Waals surface area contributed by atoms with Gasteiger partial charge in [-0.15, -0.1) is 24.8 Å². The van der Waals surface area contributed by atoms with Crippen molar-refractivity contribution in [2.75, 3.05) is 39.4 Å². The molecule has 1 saturated carbocycles. The molecule has 7 heteroatoms. The molecule has 2 fully saturated rings. The molecule has 1 heterocycles. The van der Waals surface area contributed by atoms with Crippen LogP contribution in [0.25, 0.3) is 0 Å². The molecule has 1 amide bonds. The highest BCUT2D eigenvalue weighted by Gasteiger charge is 2.33. The van der Waals surface area contributed by atoms with Gasteiger partial charge in [-0.2, -0.15) is 0 Å². The Kier molecular flexibility index (Phi) is 11.4. The van der Waals surface area contributed by atoms with Gasteiger partial charge in [-0.1, -0.05) is 19.3 Å². The third-order valence-electron chi connectivity index (χ3n) is 4.93. The summed E-state index contributed by atoms with van der Waals surface area (Å²) in [6.07, 6.45) is 6.53. The molecule has 5 nitrogen and oxygen atoms in total. The number of carbonyl (C=O) groups excluding carboxylic acids is 1. The minimum absolute atomic E-state index is 0. The van der Waals surface area contributed by atoms with E-state index in [1.165, 1.54) is 19.3 Å². The lowest BCUT2D eigenvalue weighted by Gasteiger charge is -2.36. The fraction of sp³-hybridized carbons (Fsp3) is 0.938. The van der Waals surface area contributed by atoms with Gasteiger partial charge in [0.15, 0.2) is 0 Å². The number of hydrogen-bond donors (Lipinski definition) is 2. The Bertz CT molecular complexity index is 333. The van der Waals surface area contributed by atoms with Crippen molar-refractivity contribution in [2.24, 2.45) is 11.1 Å². The number of nitrogens with zero attached hydrogens (tertiary/aromatic N) is 1. The van der Waals surface area contributed by atoms with E-state index in [9.17, 15) is 4.79 Å². The maximum atomic E-state index is 12.3. The van der Waals surface area contributed by atoms with E-state index in [0.29, 0.717) is 13.0 Å². The van der Waals surface area contributed by atoms with Gasteiger partial charge in [-0.3, -0.25) is 9.69 Å². The smallest absolute Gasteiger partial charge is 0.220 e. The van der Waals surface area contributed by atoms with Crippen LogP contribution in [-0.4, -0.2) is 56.2 Å². The lowest BCUT2D eigenvalue weighted by atomic mass is 9.71. The van der Waals surface area contributed by atoms with E-state index in [0.717, 1.165) is 45.7 Å². The SMILES string of the molecule is CC(CN1CCOCC1)NC(=O)CC1(CN)CCCCC1.Cl.Cl. The van der Waals surface area contributed by atoms with Gasteiger partial charge >= 0.3 is 0 Å². The van der Waals surface area contributed by atoms with Gasteiger partial charge in [-0.05, 0) is 31.7 Å². The number of rotatable bonds is 6. The number of morpholine rings is 1. The van der Waals surface area contributed by atoms with Crippen LogP contribution in [0.3, 0.4) is 0 Å². The highest BCUT2D eigenvalue weighted by molar-refractivity contribution is 5.85. The number of ether oxygens (including phenoxy) is 1. The van der Waals surface area contributed by atoms with Crippen LogP contribution in [0.1, 0.15) is 45.4 Å². The van der Waals surface area contributed by atoms with E-state index in [1.807, 2.05) is 0 Å². The summed E-state index contributed by atoms with van der Waals surface area (Å²) in [5.74, 6) is 0.170. The Morgan fingerprint density at radius 3 is 2.39 bits per heavy atom. The third kappa shape index (κ3) is 7.57. The minimum atomic E-state index is 0. The zero-order valence-corrected chi connectivity index (χ0v) is 15.9. The van der Waals surface area contributed by atoms with Gasteiger partial charge in [-0.25, -0.2) is 0 Å². The molecule has 1 atom stereocenters. The summed E-state index contributed by atoms with van der Waals surface area (Å²) in [6.45, 7) is 7.17. The first-order valence-electron chi connectivity index (χ1n) is 8.43. The fourth-order valence-corrected chi connectivity index (χ4v) is 3.64. The van der Waals surface area contributed by atoms with Crippen LogP contribution >= 0.6 is 24.8 Å². The van der Waals surface area contributed by atoms with Crippen LogP contribution in [0.2, 0.25) is 0 Å². The van der Waals surface area contributed by atoms with Crippen molar-refractivity contribution < 1.29 is 9.53 Å². The monoisotopic (exact) mass is 369 g/mol. The molecule has 1 aliphatic carbocycles. The molecule has 23 heavy (non-hydrogen) atoms. The molecule has 1 aliphatic heterocycles. The second-order valence-electron chi connectivity index (χ2n) is 6.82. The van der Waals surface area contributed by atoms with Gasteiger partial charge < -0.3 is 15.8 Å². The van der Waals surface area contributed by atoms with Crippen LogP contribution in [0.4, 0.5) is 0 Å². The zero-order chi connectivity index (χ0) is 15.1. The van der Waals surface area contributed by atoms with E-state index in [1.54, 1.807) is 0 Å². The topological polar surface area (TPSA) is 67.6 Å². The molecule has 0 spiro atoms. The summed E-state index contributed by atoms with van der Waals surface area (Å²) >= 11 is 0. The first kappa shape index (κ1) is 22.9. The van der Waals surface area contributed by atoms with Gasteiger partial charge in [0.05, 0.1) is 13.2 Å². The van der Waals surface area contributed by atoms with Crippen molar-refractivity contribution in [3.05, 3.63) is 0 Å². The maximum Gasteiger partial charge on any atom is 0.220 e. The summed E-state index contributed by atoms with van der Waals surface area (Å²) in [6, 6.07) is 0.189. The van der Waals surface area contributed by atoms with Crippen LogP contribution in [0, 0.1) is 5.41 Å². The molecule has 0 aromatic carbocycles. The Balaban J connectivity index is 0.00000242. The van der Waals surface area contributed by atoms with E-state index in [2.05, 4.69) is 17.1 Å². The second kappa shape index (κ2) is 11.5. The van der Waals surface area contributed by atoms with Gasteiger partial charge in [0, 0.05) is 32.1 Å². The molecular formula is C16H33Cl2N3O2. The van der Waals surface area contributed by atoms with Gasteiger partial charge in [0.25, 0.3) is 0 Å². The number of nitrogens with one attached hydrogen (secondary N) is 1. The molecule has 0 aromatic rings.